The Morgan fingerprint density at radius 3 is 1.37 bits per heavy atom. The SMILES string of the molecule is CCCCCCCCCCCCCCCCCCCC(=O)NC(COP(=O)(O)OCC[N+](C)(C)C)C(O)CCCCCCCCCCCC. The van der Waals surface area contributed by atoms with Crippen LogP contribution in [0.3, 0.4) is 0 Å². The van der Waals surface area contributed by atoms with Gasteiger partial charge in [-0.2, -0.15) is 0 Å². The van der Waals surface area contributed by atoms with E-state index in [1.807, 2.05) is 21.1 Å². The molecule has 0 aromatic heterocycles. The number of carbonyl (C=O) groups excluding carboxylic acids is 1. The number of quaternary nitrogens is 1. The van der Waals surface area contributed by atoms with E-state index in [9.17, 15) is 19.4 Å². The highest BCUT2D eigenvalue weighted by atomic mass is 31.2. The summed E-state index contributed by atoms with van der Waals surface area (Å²) >= 11 is 0. The topological polar surface area (TPSA) is 105 Å². The molecule has 0 rings (SSSR count). The van der Waals surface area contributed by atoms with Gasteiger partial charge in [0, 0.05) is 6.42 Å². The van der Waals surface area contributed by atoms with Gasteiger partial charge in [-0.05, 0) is 12.8 Å². The molecule has 0 aromatic rings. The Hall–Kier alpha value is -0.500. The molecule has 0 aromatic carbocycles. The Kier molecular flexibility index (Phi) is 33.0. The summed E-state index contributed by atoms with van der Waals surface area (Å²) in [7, 11) is 1.62. The standard InChI is InChI=1S/C40H83N2O6P/c1-6-8-10-12-14-16-18-19-20-21-22-23-24-26-28-30-32-34-40(44)41-38(37-48-49(45,46)47-36-35-42(3,4)5)39(43)33-31-29-27-25-17-15-13-11-9-7-2/h38-39,43H,6-37H2,1-5H3,(H-,41,44,45,46)/p+1. The van der Waals surface area contributed by atoms with E-state index in [2.05, 4.69) is 19.2 Å². The minimum absolute atomic E-state index is 0.0781. The number of unbranched alkanes of at least 4 members (excludes halogenated alkanes) is 25. The zero-order valence-corrected chi connectivity index (χ0v) is 34.1. The quantitative estimate of drug-likeness (QED) is 0.0333. The maximum absolute atomic E-state index is 12.8. The Bertz CT molecular complexity index is 778. The molecule has 0 aliphatic heterocycles. The first kappa shape index (κ1) is 48.5. The van der Waals surface area contributed by atoms with Gasteiger partial charge >= 0.3 is 7.82 Å². The van der Waals surface area contributed by atoms with Crippen LogP contribution in [0.5, 0.6) is 0 Å². The van der Waals surface area contributed by atoms with Gasteiger partial charge in [-0.1, -0.05) is 181 Å². The minimum Gasteiger partial charge on any atom is -0.391 e. The Balaban J connectivity index is 4.31. The summed E-state index contributed by atoms with van der Waals surface area (Å²) in [4.78, 5) is 23.0. The van der Waals surface area contributed by atoms with E-state index in [4.69, 9.17) is 9.05 Å². The van der Waals surface area contributed by atoms with Gasteiger partial charge in [0.25, 0.3) is 0 Å². The Morgan fingerprint density at radius 2 is 0.980 bits per heavy atom. The van der Waals surface area contributed by atoms with Gasteiger partial charge in [-0.25, -0.2) is 4.57 Å². The summed E-state index contributed by atoms with van der Waals surface area (Å²) in [6, 6.07) is -0.751. The molecular formula is C40H84N2O6P+. The van der Waals surface area contributed by atoms with E-state index in [1.165, 1.54) is 135 Å². The molecule has 0 aliphatic carbocycles. The second-order valence-corrected chi connectivity index (χ2v) is 17.2. The maximum atomic E-state index is 12.8. The third kappa shape index (κ3) is 35.7. The fourth-order valence-corrected chi connectivity index (χ4v) is 6.96. The lowest BCUT2D eigenvalue weighted by Crippen LogP contribution is -2.46. The summed E-state index contributed by atoms with van der Waals surface area (Å²) in [6.07, 6.45) is 34.1. The molecule has 0 saturated carbocycles. The molecule has 0 spiro atoms. The van der Waals surface area contributed by atoms with Crippen LogP contribution in [0.2, 0.25) is 0 Å². The van der Waals surface area contributed by atoms with Crippen molar-refractivity contribution < 1.29 is 32.9 Å². The molecule has 1 amide bonds. The highest BCUT2D eigenvalue weighted by molar-refractivity contribution is 7.47. The first-order valence-corrected chi connectivity index (χ1v) is 22.4. The molecule has 3 unspecified atom stereocenters. The van der Waals surface area contributed by atoms with Crippen LogP contribution < -0.4 is 5.32 Å². The van der Waals surface area contributed by atoms with Gasteiger partial charge in [-0.3, -0.25) is 13.8 Å². The molecule has 0 radical (unpaired) electrons. The summed E-state index contributed by atoms with van der Waals surface area (Å²) < 4.78 is 23.5. The van der Waals surface area contributed by atoms with Crippen LogP contribution in [0.15, 0.2) is 0 Å². The predicted octanol–water partition coefficient (Wildman–Crippen LogP) is 11.0. The summed E-state index contributed by atoms with van der Waals surface area (Å²) in [5.41, 5.74) is 0. The highest BCUT2D eigenvalue weighted by Crippen LogP contribution is 2.43. The van der Waals surface area contributed by atoms with Crippen molar-refractivity contribution in [3.05, 3.63) is 0 Å². The lowest BCUT2D eigenvalue weighted by atomic mass is 10.0. The van der Waals surface area contributed by atoms with Gasteiger partial charge in [0.15, 0.2) is 0 Å². The molecule has 294 valence electrons. The second kappa shape index (κ2) is 33.3. The fourth-order valence-electron chi connectivity index (χ4n) is 6.22. The smallest absolute Gasteiger partial charge is 0.391 e. The normalized spacial score (nSPS) is 14.5. The van der Waals surface area contributed by atoms with Gasteiger partial charge in [-0.15, -0.1) is 0 Å². The molecule has 0 heterocycles. The van der Waals surface area contributed by atoms with Crippen LogP contribution in [0.25, 0.3) is 0 Å². The van der Waals surface area contributed by atoms with Crippen LogP contribution in [0, 0.1) is 0 Å². The van der Waals surface area contributed by atoms with E-state index < -0.39 is 20.0 Å². The molecule has 0 saturated heterocycles. The fraction of sp³-hybridized carbons (Fsp3) is 0.975. The van der Waals surface area contributed by atoms with Crippen molar-refractivity contribution in [1.29, 1.82) is 0 Å². The highest BCUT2D eigenvalue weighted by Gasteiger charge is 2.28. The van der Waals surface area contributed by atoms with Crippen molar-refractivity contribution in [3.63, 3.8) is 0 Å². The van der Waals surface area contributed by atoms with Gasteiger partial charge in [0.05, 0.1) is 39.9 Å². The van der Waals surface area contributed by atoms with Crippen LogP contribution >= 0.6 is 7.82 Å². The number of aliphatic hydroxyl groups excluding tert-OH is 1. The molecule has 0 aliphatic rings. The van der Waals surface area contributed by atoms with Gasteiger partial charge < -0.3 is 19.8 Å². The van der Waals surface area contributed by atoms with Crippen molar-refractivity contribution in [2.24, 2.45) is 0 Å². The maximum Gasteiger partial charge on any atom is 0.472 e. The second-order valence-electron chi connectivity index (χ2n) is 15.7. The van der Waals surface area contributed by atoms with Crippen molar-refractivity contribution in [3.8, 4) is 0 Å². The minimum atomic E-state index is -4.30. The Morgan fingerprint density at radius 1 is 0.612 bits per heavy atom. The number of nitrogens with one attached hydrogen (secondary N) is 1. The summed E-state index contributed by atoms with van der Waals surface area (Å²) in [5.74, 6) is -0.143. The monoisotopic (exact) mass is 720 g/mol. The number of rotatable bonds is 38. The zero-order valence-electron chi connectivity index (χ0n) is 33.2. The van der Waals surface area contributed by atoms with Gasteiger partial charge in [0.2, 0.25) is 5.91 Å². The average molecular weight is 720 g/mol. The van der Waals surface area contributed by atoms with E-state index in [1.54, 1.807) is 0 Å². The molecule has 0 fully saturated rings. The van der Waals surface area contributed by atoms with Gasteiger partial charge in [0.1, 0.15) is 13.2 Å². The molecule has 3 N–H and O–H groups in total. The van der Waals surface area contributed by atoms with E-state index in [0.717, 1.165) is 38.5 Å². The molecule has 3 atom stereocenters. The summed E-state index contributed by atoms with van der Waals surface area (Å²) in [6.45, 7) is 4.88. The zero-order chi connectivity index (χ0) is 36.5. The van der Waals surface area contributed by atoms with Crippen LogP contribution in [0.1, 0.15) is 200 Å². The number of likely N-dealkylation sites (N-methyl/N-ethyl adjacent to an activating group) is 1. The molecule has 9 heteroatoms. The molecule has 49 heavy (non-hydrogen) atoms. The number of nitrogens with zero attached hydrogens (tertiary/aromatic N) is 1. The number of hydrogen-bond acceptors (Lipinski definition) is 5. The predicted molar refractivity (Wildman–Crippen MR) is 208 cm³/mol. The van der Waals surface area contributed by atoms with Crippen molar-refractivity contribution in [2.75, 3.05) is 40.9 Å². The number of phosphoric acid groups is 1. The molecule has 0 bridgehead atoms. The van der Waals surface area contributed by atoms with E-state index >= 15 is 0 Å². The third-order valence-corrected chi connectivity index (χ3v) is 10.6. The lowest BCUT2D eigenvalue weighted by Gasteiger charge is -2.26. The van der Waals surface area contributed by atoms with Crippen LogP contribution in [-0.2, 0) is 18.4 Å². The third-order valence-electron chi connectivity index (χ3n) is 9.61. The van der Waals surface area contributed by atoms with E-state index in [0.29, 0.717) is 23.9 Å². The number of aliphatic hydroxyl groups is 1. The molecular weight excluding hydrogens is 635 g/mol. The first-order chi connectivity index (χ1) is 23.5. The largest absolute Gasteiger partial charge is 0.472 e. The average Bonchev–Trinajstić information content (AvgIpc) is 3.04. The van der Waals surface area contributed by atoms with Crippen molar-refractivity contribution in [2.45, 2.75) is 212 Å². The number of carbonyl (C=O) groups is 1. The van der Waals surface area contributed by atoms with Crippen LogP contribution in [-0.4, -0.2) is 73.4 Å². The summed E-state index contributed by atoms with van der Waals surface area (Å²) in [5, 5.41) is 13.9. The number of hydrogen-bond donors (Lipinski definition) is 3. The number of amides is 1. The van der Waals surface area contributed by atoms with E-state index in [-0.39, 0.29) is 19.1 Å². The Labute approximate surface area is 304 Å². The first-order valence-electron chi connectivity index (χ1n) is 20.9. The van der Waals surface area contributed by atoms with Crippen LogP contribution in [0.4, 0.5) is 0 Å². The van der Waals surface area contributed by atoms with Crippen molar-refractivity contribution in [1.82, 2.24) is 5.32 Å². The van der Waals surface area contributed by atoms with Crippen molar-refractivity contribution >= 4 is 13.7 Å². The number of phosphoric ester groups is 1. The molecule has 8 nitrogen and oxygen atoms in total. The lowest BCUT2D eigenvalue weighted by molar-refractivity contribution is -0.870.